The molecular formula is C23H32N3OS2+. The summed E-state index contributed by atoms with van der Waals surface area (Å²) in [6, 6.07) is 12.7. The van der Waals surface area contributed by atoms with E-state index in [2.05, 4.69) is 85.8 Å². The number of amides is 1. The summed E-state index contributed by atoms with van der Waals surface area (Å²) in [7, 11) is 5.95. The minimum absolute atomic E-state index is 0.108. The molecule has 2 rings (SSSR count). The molecule has 0 spiro atoms. The van der Waals surface area contributed by atoms with Crippen molar-refractivity contribution in [1.29, 1.82) is 0 Å². The SMILES string of the molecule is CN(CCCN(C)c1ccc(C=Cc2cc[n+](C)cc2)cc1)C(=O)C(CS)CS. The Kier molecular flexibility index (Phi) is 9.61. The molecule has 0 aliphatic heterocycles. The second kappa shape index (κ2) is 11.9. The van der Waals surface area contributed by atoms with Crippen molar-refractivity contribution in [1.82, 2.24) is 4.90 Å². The number of hydrogen-bond acceptors (Lipinski definition) is 4. The minimum Gasteiger partial charge on any atom is -0.375 e. The summed E-state index contributed by atoms with van der Waals surface area (Å²) in [5.74, 6) is 1.09. The molecule has 1 heterocycles. The van der Waals surface area contributed by atoms with E-state index in [-0.39, 0.29) is 11.8 Å². The normalized spacial score (nSPS) is 11.2. The van der Waals surface area contributed by atoms with Gasteiger partial charge in [-0.25, -0.2) is 4.57 Å². The lowest BCUT2D eigenvalue weighted by Crippen LogP contribution is -2.36. The van der Waals surface area contributed by atoms with Crippen LogP contribution in [0.5, 0.6) is 0 Å². The molecule has 0 N–H and O–H groups in total. The number of carbonyl (C=O) groups excluding carboxylic acids is 1. The van der Waals surface area contributed by atoms with Crippen LogP contribution in [-0.4, -0.2) is 49.5 Å². The molecular weight excluding hydrogens is 398 g/mol. The van der Waals surface area contributed by atoms with Crippen LogP contribution in [0.3, 0.4) is 0 Å². The van der Waals surface area contributed by atoms with E-state index in [1.165, 1.54) is 16.8 Å². The molecule has 0 saturated heterocycles. The average molecular weight is 431 g/mol. The lowest BCUT2D eigenvalue weighted by molar-refractivity contribution is -0.671. The second-order valence-electron chi connectivity index (χ2n) is 7.32. The summed E-state index contributed by atoms with van der Waals surface area (Å²) in [6.07, 6.45) is 9.24. The maximum atomic E-state index is 12.3. The molecule has 29 heavy (non-hydrogen) atoms. The Bertz CT molecular complexity index is 787. The molecule has 1 aromatic carbocycles. The number of benzene rings is 1. The van der Waals surface area contributed by atoms with E-state index in [0.29, 0.717) is 11.5 Å². The topological polar surface area (TPSA) is 27.4 Å². The molecule has 156 valence electrons. The highest BCUT2D eigenvalue weighted by molar-refractivity contribution is 7.81. The molecule has 0 aliphatic carbocycles. The van der Waals surface area contributed by atoms with Crippen LogP contribution in [0.15, 0.2) is 48.8 Å². The molecule has 1 amide bonds. The smallest absolute Gasteiger partial charge is 0.227 e. The van der Waals surface area contributed by atoms with E-state index in [9.17, 15) is 4.79 Å². The highest BCUT2D eigenvalue weighted by Gasteiger charge is 2.18. The number of carbonyl (C=O) groups is 1. The maximum absolute atomic E-state index is 12.3. The molecule has 0 atom stereocenters. The van der Waals surface area contributed by atoms with Crippen molar-refractivity contribution in [3.8, 4) is 0 Å². The predicted octanol–water partition coefficient (Wildman–Crippen LogP) is 3.44. The fraction of sp³-hybridized carbons (Fsp3) is 0.391. The first kappa shape index (κ1) is 23.4. The molecule has 4 nitrogen and oxygen atoms in total. The zero-order chi connectivity index (χ0) is 21.2. The monoisotopic (exact) mass is 430 g/mol. The first-order valence-electron chi connectivity index (χ1n) is 9.86. The Morgan fingerprint density at radius 1 is 0.966 bits per heavy atom. The van der Waals surface area contributed by atoms with Gasteiger partial charge >= 0.3 is 0 Å². The lowest BCUT2D eigenvalue weighted by Gasteiger charge is -2.24. The zero-order valence-corrected chi connectivity index (χ0v) is 19.3. The summed E-state index contributed by atoms with van der Waals surface area (Å²) in [4.78, 5) is 16.3. The first-order valence-corrected chi connectivity index (χ1v) is 11.1. The van der Waals surface area contributed by atoms with E-state index in [1.54, 1.807) is 4.90 Å². The summed E-state index contributed by atoms with van der Waals surface area (Å²) in [6.45, 7) is 1.62. The molecule has 1 aromatic heterocycles. The quantitative estimate of drug-likeness (QED) is 0.446. The van der Waals surface area contributed by atoms with Crippen LogP contribution >= 0.6 is 25.3 Å². The summed E-state index contributed by atoms with van der Waals surface area (Å²) < 4.78 is 2.02. The number of hydrogen-bond donors (Lipinski definition) is 2. The van der Waals surface area contributed by atoms with Crippen molar-refractivity contribution in [3.63, 3.8) is 0 Å². The van der Waals surface area contributed by atoms with Crippen molar-refractivity contribution in [3.05, 3.63) is 59.9 Å². The molecule has 6 heteroatoms. The number of aryl methyl sites for hydroxylation is 1. The first-order chi connectivity index (χ1) is 13.9. The van der Waals surface area contributed by atoms with Crippen molar-refractivity contribution in [2.75, 3.05) is 43.6 Å². The fourth-order valence-electron chi connectivity index (χ4n) is 2.97. The molecule has 0 saturated carbocycles. The van der Waals surface area contributed by atoms with Crippen molar-refractivity contribution >= 4 is 49.0 Å². The van der Waals surface area contributed by atoms with Crippen LogP contribution < -0.4 is 9.47 Å². The standard InChI is InChI=1S/C23H31N3OS2/c1-24-15-11-20(12-16-24)6-5-19-7-9-22(10-8-19)25(2)13-4-14-26(3)23(27)21(17-28)18-29/h5-12,15-16,21H,4,13-14,17-18H2,1-3H3,(H-,28,29)/p+1. The summed E-state index contributed by atoms with van der Waals surface area (Å²) in [5, 5.41) is 0. The highest BCUT2D eigenvalue weighted by Crippen LogP contribution is 2.16. The van der Waals surface area contributed by atoms with Crippen molar-refractivity contribution in [2.45, 2.75) is 6.42 Å². The third-order valence-corrected chi connectivity index (χ3v) is 5.84. The van der Waals surface area contributed by atoms with Crippen LogP contribution in [0.2, 0.25) is 0 Å². The van der Waals surface area contributed by atoms with Crippen molar-refractivity contribution in [2.24, 2.45) is 13.0 Å². The molecule has 2 aromatic rings. The largest absolute Gasteiger partial charge is 0.375 e. The highest BCUT2D eigenvalue weighted by atomic mass is 32.1. The van der Waals surface area contributed by atoms with Gasteiger partial charge in [0.2, 0.25) is 5.91 Å². The van der Waals surface area contributed by atoms with E-state index in [4.69, 9.17) is 0 Å². The van der Waals surface area contributed by atoms with Crippen LogP contribution in [0.1, 0.15) is 17.5 Å². The molecule has 0 unspecified atom stereocenters. The van der Waals surface area contributed by atoms with E-state index in [1.807, 2.05) is 31.1 Å². The van der Waals surface area contributed by atoms with E-state index in [0.717, 1.165) is 19.5 Å². The van der Waals surface area contributed by atoms with Crippen LogP contribution in [-0.2, 0) is 11.8 Å². The van der Waals surface area contributed by atoms with Crippen molar-refractivity contribution < 1.29 is 9.36 Å². The minimum atomic E-state index is -0.108. The van der Waals surface area contributed by atoms with E-state index >= 15 is 0 Å². The third kappa shape index (κ3) is 7.44. The third-order valence-electron chi connectivity index (χ3n) is 4.96. The van der Waals surface area contributed by atoms with Gasteiger partial charge in [-0.2, -0.15) is 25.3 Å². The second-order valence-corrected chi connectivity index (χ2v) is 8.05. The predicted molar refractivity (Wildman–Crippen MR) is 130 cm³/mol. The van der Waals surface area contributed by atoms with E-state index < -0.39 is 0 Å². The molecule has 0 aliphatic rings. The van der Waals surface area contributed by atoms with Gasteiger partial charge in [-0.05, 0) is 29.7 Å². The van der Waals surface area contributed by atoms with Gasteiger partial charge in [0.15, 0.2) is 12.4 Å². The van der Waals surface area contributed by atoms with Gasteiger partial charge in [0, 0.05) is 56.5 Å². The van der Waals surface area contributed by atoms with Crippen LogP contribution in [0.4, 0.5) is 5.69 Å². The number of rotatable bonds is 10. The van der Waals surface area contributed by atoms with Gasteiger partial charge in [-0.1, -0.05) is 24.3 Å². The average Bonchev–Trinajstić information content (AvgIpc) is 2.74. The molecule has 0 bridgehead atoms. The Labute approximate surface area is 186 Å². The Balaban J connectivity index is 1.83. The summed E-state index contributed by atoms with van der Waals surface area (Å²) >= 11 is 8.48. The number of thiol groups is 2. The van der Waals surface area contributed by atoms with Crippen LogP contribution in [0.25, 0.3) is 12.2 Å². The van der Waals surface area contributed by atoms with Gasteiger partial charge in [-0.3, -0.25) is 4.79 Å². The number of nitrogens with zero attached hydrogens (tertiary/aromatic N) is 3. The Morgan fingerprint density at radius 3 is 2.07 bits per heavy atom. The van der Waals surface area contributed by atoms with Gasteiger partial charge in [0.25, 0.3) is 0 Å². The zero-order valence-electron chi connectivity index (χ0n) is 17.5. The van der Waals surface area contributed by atoms with Gasteiger partial charge in [0.05, 0.1) is 5.92 Å². The van der Waals surface area contributed by atoms with Gasteiger partial charge in [0.1, 0.15) is 7.05 Å². The Hall–Kier alpha value is -1.92. The van der Waals surface area contributed by atoms with Gasteiger partial charge < -0.3 is 9.80 Å². The molecule has 0 fully saturated rings. The number of anilines is 1. The number of aromatic nitrogens is 1. The summed E-state index contributed by atoms with van der Waals surface area (Å²) in [5.41, 5.74) is 3.53. The van der Waals surface area contributed by atoms with Gasteiger partial charge in [-0.15, -0.1) is 0 Å². The molecule has 0 radical (unpaired) electrons. The lowest BCUT2D eigenvalue weighted by atomic mass is 10.1. The maximum Gasteiger partial charge on any atom is 0.227 e. The fourth-order valence-corrected chi connectivity index (χ4v) is 3.74. The number of pyridine rings is 1. The Morgan fingerprint density at radius 2 is 1.52 bits per heavy atom. The van der Waals surface area contributed by atoms with Crippen LogP contribution in [0, 0.1) is 5.92 Å².